The van der Waals surface area contributed by atoms with Gasteiger partial charge in [-0.15, -0.1) is 0 Å². The van der Waals surface area contributed by atoms with Crippen LogP contribution in [0.3, 0.4) is 0 Å². The summed E-state index contributed by atoms with van der Waals surface area (Å²) < 4.78 is 43.8. The molecule has 2 aromatic rings. The van der Waals surface area contributed by atoms with Crippen LogP contribution in [0.1, 0.15) is 12.0 Å². The van der Waals surface area contributed by atoms with Crippen LogP contribution in [0.15, 0.2) is 53.2 Å². The van der Waals surface area contributed by atoms with Crippen molar-refractivity contribution in [3.05, 3.63) is 63.8 Å². The average molecular weight is 406 g/mol. The van der Waals surface area contributed by atoms with Crippen LogP contribution in [0.5, 0.6) is 11.5 Å². The monoisotopic (exact) mass is 406 g/mol. The predicted molar refractivity (Wildman–Crippen MR) is 97.0 cm³/mol. The van der Waals surface area contributed by atoms with Crippen molar-refractivity contribution in [3.8, 4) is 22.6 Å². The highest BCUT2D eigenvalue weighted by Gasteiger charge is 2.36. The van der Waals surface area contributed by atoms with Gasteiger partial charge in [-0.1, -0.05) is 18.2 Å². The number of ether oxygens (including phenoxy) is 1. The van der Waals surface area contributed by atoms with Gasteiger partial charge in [0, 0.05) is 18.1 Å². The topological polar surface area (TPSA) is 102 Å². The second-order valence-electron chi connectivity index (χ2n) is 6.06. The zero-order valence-electron chi connectivity index (χ0n) is 14.9. The summed E-state index contributed by atoms with van der Waals surface area (Å²) >= 11 is 0. The number of hydrogen-bond donors (Lipinski definition) is 1. The summed E-state index contributed by atoms with van der Waals surface area (Å²) in [4.78, 5) is 26.0. The minimum absolute atomic E-state index is 0.136. The maximum Gasteiger partial charge on any atom is 0.433 e. The summed E-state index contributed by atoms with van der Waals surface area (Å²) in [6, 6.07) is 8.29. The molecule has 2 aromatic carbocycles. The molecule has 0 aromatic heterocycles. The molecule has 0 aliphatic carbocycles. The quantitative estimate of drug-likeness (QED) is 0.606. The molecule has 1 aliphatic rings. The molecule has 29 heavy (non-hydrogen) atoms. The van der Waals surface area contributed by atoms with Gasteiger partial charge >= 0.3 is 11.9 Å². The first-order chi connectivity index (χ1) is 13.6. The Morgan fingerprint density at radius 1 is 1.17 bits per heavy atom. The van der Waals surface area contributed by atoms with Crippen LogP contribution in [0.25, 0.3) is 11.1 Å². The third-order valence-electron chi connectivity index (χ3n) is 4.21. The molecule has 0 spiro atoms. The fourth-order valence-corrected chi connectivity index (χ4v) is 2.82. The van der Waals surface area contributed by atoms with Crippen LogP contribution >= 0.6 is 0 Å². The number of phenolic OH excluding ortho intramolecular Hbond substituents is 1. The average Bonchev–Trinajstić information content (AvgIpc) is 2.67. The van der Waals surface area contributed by atoms with Gasteiger partial charge in [-0.3, -0.25) is 14.9 Å². The van der Waals surface area contributed by atoms with Gasteiger partial charge in [-0.25, -0.2) is 4.99 Å². The van der Waals surface area contributed by atoms with Crippen LogP contribution in [0.4, 0.5) is 18.9 Å². The second-order valence-corrected chi connectivity index (χ2v) is 6.06. The number of ketones is 1. The van der Waals surface area contributed by atoms with E-state index < -0.39 is 40.4 Å². The van der Waals surface area contributed by atoms with E-state index in [1.807, 2.05) is 0 Å². The Labute approximate surface area is 161 Å². The largest absolute Gasteiger partial charge is 0.500 e. The lowest BCUT2D eigenvalue weighted by molar-refractivity contribution is -0.385. The molecule has 0 saturated carbocycles. The molecule has 150 valence electrons. The summed E-state index contributed by atoms with van der Waals surface area (Å²) in [5.74, 6) is -1.37. The van der Waals surface area contributed by atoms with Crippen molar-refractivity contribution in [2.24, 2.45) is 4.99 Å². The Bertz CT molecular complexity index is 1070. The lowest BCUT2D eigenvalue weighted by Gasteiger charge is -2.15. The van der Waals surface area contributed by atoms with E-state index in [9.17, 15) is 33.2 Å². The minimum atomic E-state index is -4.69. The van der Waals surface area contributed by atoms with Crippen molar-refractivity contribution >= 4 is 17.2 Å². The Morgan fingerprint density at radius 3 is 2.48 bits per heavy atom. The molecule has 0 unspecified atom stereocenters. The number of carbonyl (C=O) groups is 1. The fraction of sp³-hybridized carbons (Fsp3) is 0.158. The molecule has 0 fully saturated rings. The number of carbonyl (C=O) groups excluding carboxylic acids is 1. The number of methoxy groups -OCH3 is 1. The molecule has 0 radical (unpaired) electrons. The number of nitrogens with zero attached hydrogens (tertiary/aromatic N) is 2. The standard InChI is InChI=1S/C19H13F3N2O5/c1-29-15-9-12(8-13(18(15)26)24(27)28)10-3-2-4-11(7-10)17-14(25)5-6-16(23-17)19(20,21)22/h2-4,6-9,26H,5H2,1H3. The third kappa shape index (κ3) is 3.96. The summed E-state index contributed by atoms with van der Waals surface area (Å²) in [5.41, 5.74) is -1.33. The minimum Gasteiger partial charge on any atom is -0.500 e. The summed E-state index contributed by atoms with van der Waals surface area (Å²) in [6.45, 7) is 0. The molecular weight excluding hydrogens is 393 g/mol. The summed E-state index contributed by atoms with van der Waals surface area (Å²) in [5, 5.41) is 21.1. The highest BCUT2D eigenvalue weighted by molar-refractivity contribution is 6.47. The van der Waals surface area contributed by atoms with Gasteiger partial charge < -0.3 is 9.84 Å². The van der Waals surface area contributed by atoms with E-state index in [0.29, 0.717) is 5.56 Å². The van der Waals surface area contributed by atoms with E-state index in [2.05, 4.69) is 4.99 Å². The van der Waals surface area contributed by atoms with Gasteiger partial charge in [0.2, 0.25) is 5.75 Å². The first kappa shape index (κ1) is 20.1. The normalized spacial score (nSPS) is 14.3. The molecule has 10 heteroatoms. The van der Waals surface area contributed by atoms with Crippen molar-refractivity contribution in [2.75, 3.05) is 7.11 Å². The number of alkyl halides is 3. The number of aromatic hydroxyl groups is 1. The van der Waals surface area contributed by atoms with E-state index in [1.165, 1.54) is 31.4 Å². The number of rotatable bonds is 4. The number of halogens is 3. The maximum absolute atomic E-state index is 13.0. The molecule has 0 saturated heterocycles. The Morgan fingerprint density at radius 2 is 1.86 bits per heavy atom. The summed E-state index contributed by atoms with van der Waals surface area (Å²) in [7, 11) is 1.22. The second kappa shape index (κ2) is 7.38. The summed E-state index contributed by atoms with van der Waals surface area (Å²) in [6.07, 6.45) is -4.39. The van der Waals surface area contributed by atoms with Gasteiger partial charge in [0.05, 0.1) is 12.0 Å². The van der Waals surface area contributed by atoms with Crippen LogP contribution in [0, 0.1) is 10.1 Å². The van der Waals surface area contributed by atoms with Crippen LogP contribution in [-0.2, 0) is 4.79 Å². The van der Waals surface area contributed by atoms with Gasteiger partial charge in [0.25, 0.3) is 0 Å². The first-order valence-corrected chi connectivity index (χ1v) is 8.17. The maximum atomic E-state index is 13.0. The lowest BCUT2D eigenvalue weighted by Crippen LogP contribution is -2.23. The zero-order valence-corrected chi connectivity index (χ0v) is 14.9. The zero-order chi connectivity index (χ0) is 21.3. The van der Waals surface area contributed by atoms with E-state index >= 15 is 0 Å². The molecule has 1 aliphatic heterocycles. The number of Topliss-reactive ketones (excluding diaryl/α,β-unsaturated/α-hetero) is 1. The SMILES string of the molecule is COc1cc(-c2cccc(C3=NC(C(F)(F)F)=CCC3=O)c2)cc([N+](=O)[O-])c1O. The highest BCUT2D eigenvalue weighted by atomic mass is 19.4. The smallest absolute Gasteiger partial charge is 0.433 e. The van der Waals surface area contributed by atoms with Crippen molar-refractivity contribution in [3.63, 3.8) is 0 Å². The van der Waals surface area contributed by atoms with Crippen LogP contribution in [0.2, 0.25) is 0 Å². The van der Waals surface area contributed by atoms with Crippen molar-refractivity contribution in [2.45, 2.75) is 12.6 Å². The molecular formula is C19H13F3N2O5. The van der Waals surface area contributed by atoms with Crippen LogP contribution < -0.4 is 4.74 Å². The lowest BCUT2D eigenvalue weighted by atomic mass is 9.96. The fourth-order valence-electron chi connectivity index (χ4n) is 2.82. The Balaban J connectivity index is 2.11. The third-order valence-corrected chi connectivity index (χ3v) is 4.21. The predicted octanol–water partition coefficient (Wildman–Crippen LogP) is 4.18. The molecule has 0 atom stereocenters. The number of aliphatic imine (C=N–C) groups is 1. The molecule has 0 amide bonds. The van der Waals surface area contributed by atoms with Gasteiger partial charge in [0.15, 0.2) is 11.5 Å². The Hall–Kier alpha value is -3.69. The molecule has 1 heterocycles. The van der Waals surface area contributed by atoms with E-state index in [-0.39, 0.29) is 22.6 Å². The number of nitro groups is 1. The molecule has 0 bridgehead atoms. The van der Waals surface area contributed by atoms with Gasteiger partial charge in [0.1, 0.15) is 11.4 Å². The van der Waals surface area contributed by atoms with E-state index in [1.54, 1.807) is 6.07 Å². The number of phenols is 1. The number of benzene rings is 2. The van der Waals surface area contributed by atoms with E-state index in [0.717, 1.165) is 12.1 Å². The Kier molecular flexibility index (Phi) is 5.10. The number of allylic oxidation sites excluding steroid dienone is 2. The molecule has 7 nitrogen and oxygen atoms in total. The van der Waals surface area contributed by atoms with Crippen molar-refractivity contribution < 1.29 is 32.7 Å². The van der Waals surface area contributed by atoms with Gasteiger partial charge in [-0.2, -0.15) is 13.2 Å². The highest BCUT2D eigenvalue weighted by Crippen LogP contribution is 2.40. The first-order valence-electron chi connectivity index (χ1n) is 8.17. The van der Waals surface area contributed by atoms with Gasteiger partial charge in [-0.05, 0) is 29.3 Å². The van der Waals surface area contributed by atoms with E-state index in [4.69, 9.17) is 4.74 Å². The van der Waals surface area contributed by atoms with Crippen molar-refractivity contribution in [1.82, 2.24) is 0 Å². The number of nitro benzene ring substituents is 1. The molecule has 1 N–H and O–H groups in total. The number of hydrogen-bond acceptors (Lipinski definition) is 6. The van der Waals surface area contributed by atoms with Crippen LogP contribution in [-0.4, -0.2) is 34.8 Å². The van der Waals surface area contributed by atoms with Crippen molar-refractivity contribution in [1.29, 1.82) is 0 Å². The molecule has 3 rings (SSSR count).